The quantitative estimate of drug-likeness (QED) is 0.341. The summed E-state index contributed by atoms with van der Waals surface area (Å²) in [6.07, 6.45) is 4.70. The predicted molar refractivity (Wildman–Crippen MR) is 53.7 cm³/mol. The molecule has 86 valence electrons. The van der Waals surface area contributed by atoms with Crippen LogP contribution in [0, 0.1) is 0 Å². The van der Waals surface area contributed by atoms with E-state index in [4.69, 9.17) is 0 Å². The van der Waals surface area contributed by atoms with E-state index in [1.54, 1.807) is 0 Å². The Bertz CT molecular complexity index is 249. The molecule has 1 unspecified atom stereocenters. The van der Waals surface area contributed by atoms with Crippen LogP contribution in [0.15, 0.2) is 0 Å². The van der Waals surface area contributed by atoms with E-state index in [0.29, 0.717) is 6.42 Å². The van der Waals surface area contributed by atoms with Crippen molar-refractivity contribution < 1.29 is 47.6 Å². The fourth-order valence-corrected chi connectivity index (χ4v) is 1.58. The van der Waals surface area contributed by atoms with E-state index < -0.39 is 15.1 Å². The smallest absolute Gasteiger partial charge is 0.746 e. The first kappa shape index (κ1) is 18.2. The Hall–Kier alpha value is 0.870. The standard InChI is InChI=1S/C9H20O4S.Na/c1-3-4-5-6-7-8-9(2,10)14(11,12)13;/h10H,3-8H2,1-2H3,(H,11,12,13);/q;+1/p-1. The maximum atomic E-state index is 10.6. The number of aliphatic hydroxyl groups is 1. The van der Waals surface area contributed by atoms with Crippen LogP contribution in [0.5, 0.6) is 0 Å². The van der Waals surface area contributed by atoms with Crippen LogP contribution in [-0.2, 0) is 10.1 Å². The summed E-state index contributed by atoms with van der Waals surface area (Å²) in [4.78, 5) is -2.10. The second-order valence-electron chi connectivity index (χ2n) is 3.79. The van der Waals surface area contributed by atoms with Gasteiger partial charge in [-0.1, -0.05) is 32.6 Å². The maximum absolute atomic E-state index is 10.6. The van der Waals surface area contributed by atoms with E-state index in [1.165, 1.54) is 0 Å². The molecule has 1 atom stereocenters. The minimum absolute atomic E-state index is 0. The summed E-state index contributed by atoms with van der Waals surface area (Å²) in [6.45, 7) is 3.15. The first-order valence-corrected chi connectivity index (χ1v) is 6.40. The summed E-state index contributed by atoms with van der Waals surface area (Å²) in [5.74, 6) is 0. The molecule has 0 amide bonds. The molecule has 0 aromatic rings. The molecule has 6 heteroatoms. The van der Waals surface area contributed by atoms with Crippen molar-refractivity contribution in [3.63, 3.8) is 0 Å². The zero-order valence-corrected chi connectivity index (χ0v) is 12.6. The SMILES string of the molecule is CCCCCCCC(C)(O)S(=O)(=O)[O-].[Na+]. The third-order valence-electron chi connectivity index (χ3n) is 2.28. The van der Waals surface area contributed by atoms with Crippen molar-refractivity contribution in [1.82, 2.24) is 0 Å². The fraction of sp³-hybridized carbons (Fsp3) is 1.00. The van der Waals surface area contributed by atoms with E-state index >= 15 is 0 Å². The molecule has 0 rings (SSSR count). The van der Waals surface area contributed by atoms with Gasteiger partial charge in [-0.05, 0) is 19.8 Å². The molecule has 0 radical (unpaired) electrons. The Balaban J connectivity index is 0. The van der Waals surface area contributed by atoms with Gasteiger partial charge in [0.1, 0.15) is 10.1 Å². The van der Waals surface area contributed by atoms with Gasteiger partial charge in [0.25, 0.3) is 0 Å². The molecule has 0 aliphatic carbocycles. The Morgan fingerprint density at radius 2 is 1.67 bits per heavy atom. The molecule has 0 saturated carbocycles. The molecule has 0 aliphatic heterocycles. The summed E-state index contributed by atoms with van der Waals surface area (Å²) in [5, 5.41) is 9.31. The molecule has 4 nitrogen and oxygen atoms in total. The largest absolute Gasteiger partial charge is 1.00 e. The van der Waals surface area contributed by atoms with Gasteiger partial charge in [0, 0.05) is 0 Å². The van der Waals surface area contributed by atoms with Crippen LogP contribution in [0.2, 0.25) is 0 Å². The van der Waals surface area contributed by atoms with Crippen molar-refractivity contribution in [3.8, 4) is 0 Å². The number of hydrogen-bond donors (Lipinski definition) is 1. The van der Waals surface area contributed by atoms with Crippen molar-refractivity contribution >= 4 is 10.1 Å². The average molecular weight is 246 g/mol. The molecular weight excluding hydrogens is 227 g/mol. The molecule has 0 heterocycles. The van der Waals surface area contributed by atoms with Crippen LogP contribution >= 0.6 is 0 Å². The third-order valence-corrected chi connectivity index (χ3v) is 3.56. The van der Waals surface area contributed by atoms with Crippen LogP contribution in [0.1, 0.15) is 52.4 Å². The van der Waals surface area contributed by atoms with Crippen LogP contribution in [0.3, 0.4) is 0 Å². The van der Waals surface area contributed by atoms with Gasteiger partial charge in [-0.2, -0.15) is 0 Å². The van der Waals surface area contributed by atoms with Crippen molar-refractivity contribution in [1.29, 1.82) is 0 Å². The van der Waals surface area contributed by atoms with Crippen LogP contribution in [0.4, 0.5) is 0 Å². The van der Waals surface area contributed by atoms with E-state index in [-0.39, 0.29) is 36.0 Å². The van der Waals surface area contributed by atoms with Gasteiger partial charge in [0.15, 0.2) is 4.93 Å². The molecular formula is C9H19NaO4S. The monoisotopic (exact) mass is 246 g/mol. The van der Waals surface area contributed by atoms with Gasteiger partial charge in [-0.15, -0.1) is 0 Å². The fourth-order valence-electron chi connectivity index (χ4n) is 1.18. The number of rotatable bonds is 7. The molecule has 0 fully saturated rings. The summed E-state index contributed by atoms with van der Waals surface area (Å²) >= 11 is 0. The number of hydrogen-bond acceptors (Lipinski definition) is 4. The summed E-state index contributed by atoms with van der Waals surface area (Å²) in [6, 6.07) is 0. The van der Waals surface area contributed by atoms with Crippen LogP contribution in [0.25, 0.3) is 0 Å². The molecule has 0 saturated heterocycles. The third kappa shape index (κ3) is 7.71. The summed E-state index contributed by atoms with van der Waals surface area (Å²) in [7, 11) is -4.59. The van der Waals surface area contributed by atoms with Gasteiger partial charge in [-0.25, -0.2) is 8.42 Å². The molecule has 15 heavy (non-hydrogen) atoms. The molecule has 0 bridgehead atoms. The van der Waals surface area contributed by atoms with Gasteiger partial charge < -0.3 is 9.66 Å². The second-order valence-corrected chi connectivity index (χ2v) is 5.58. The van der Waals surface area contributed by atoms with Crippen molar-refractivity contribution in [2.24, 2.45) is 0 Å². The predicted octanol–water partition coefficient (Wildman–Crippen LogP) is -1.40. The Morgan fingerprint density at radius 3 is 2.07 bits per heavy atom. The van der Waals surface area contributed by atoms with E-state index in [0.717, 1.165) is 32.6 Å². The maximum Gasteiger partial charge on any atom is 1.00 e. The van der Waals surface area contributed by atoms with Crippen molar-refractivity contribution in [2.45, 2.75) is 57.3 Å². The number of unbranched alkanes of at least 4 members (excludes halogenated alkanes) is 4. The van der Waals surface area contributed by atoms with Crippen LogP contribution in [-0.4, -0.2) is 23.0 Å². The normalized spacial score (nSPS) is 15.5. The van der Waals surface area contributed by atoms with E-state index in [9.17, 15) is 18.1 Å². The first-order valence-electron chi connectivity index (χ1n) is 4.99. The zero-order valence-electron chi connectivity index (χ0n) is 9.82. The van der Waals surface area contributed by atoms with Gasteiger partial charge >= 0.3 is 29.6 Å². The van der Waals surface area contributed by atoms with Crippen molar-refractivity contribution in [2.75, 3.05) is 0 Å². The topological polar surface area (TPSA) is 77.4 Å². The van der Waals surface area contributed by atoms with Gasteiger partial charge in [0.2, 0.25) is 0 Å². The minimum Gasteiger partial charge on any atom is -0.746 e. The van der Waals surface area contributed by atoms with Gasteiger partial charge in [-0.3, -0.25) is 0 Å². The molecule has 0 aliphatic rings. The zero-order chi connectivity index (χ0) is 11.2. The second kappa shape index (κ2) is 8.03. The molecule has 0 aromatic heterocycles. The average Bonchev–Trinajstić information content (AvgIpc) is 2.02. The molecule has 0 aromatic carbocycles. The first-order chi connectivity index (χ1) is 6.31. The minimum atomic E-state index is -4.59. The Morgan fingerprint density at radius 1 is 1.20 bits per heavy atom. The van der Waals surface area contributed by atoms with E-state index in [2.05, 4.69) is 6.92 Å². The Labute approximate surface area is 114 Å². The van der Waals surface area contributed by atoms with Crippen LogP contribution < -0.4 is 29.6 Å². The molecule has 0 spiro atoms. The van der Waals surface area contributed by atoms with E-state index in [1.807, 2.05) is 0 Å². The Kier molecular flexibility index (Phi) is 9.77. The van der Waals surface area contributed by atoms with Gasteiger partial charge in [0.05, 0.1) is 0 Å². The molecule has 1 N–H and O–H groups in total. The summed E-state index contributed by atoms with van der Waals surface area (Å²) < 4.78 is 31.7. The van der Waals surface area contributed by atoms with Crippen molar-refractivity contribution in [3.05, 3.63) is 0 Å². The summed E-state index contributed by atoms with van der Waals surface area (Å²) in [5.41, 5.74) is 0.